The van der Waals surface area contributed by atoms with E-state index in [1.54, 1.807) is 43.3 Å². The maximum Gasteiger partial charge on any atom is 0.408 e. The molecule has 2 rings (SSSR count). The molecule has 0 bridgehead atoms. The standard InChI is InChI=1S/C23H27N3O6/c1-2-31-20(27)14-18(21(24)28)25-22(29)19(13-16-9-5-3-6-10-16)26-23(30)32-15-17-11-7-4-8-12-17/h3-12,18-19H,2,13-15H2,1H3,(H2,24,28)(H,25,29)(H,26,30)/t18-,19-/m1/s1. The van der Waals surface area contributed by atoms with Gasteiger partial charge in [0.1, 0.15) is 18.7 Å². The molecule has 0 aromatic heterocycles. The molecule has 0 saturated carbocycles. The first kappa shape index (κ1) is 24.4. The molecule has 0 fully saturated rings. The van der Waals surface area contributed by atoms with Gasteiger partial charge >= 0.3 is 12.1 Å². The number of carbonyl (C=O) groups excluding carboxylic acids is 4. The van der Waals surface area contributed by atoms with E-state index < -0.39 is 42.4 Å². The van der Waals surface area contributed by atoms with Crippen molar-refractivity contribution in [3.63, 3.8) is 0 Å². The summed E-state index contributed by atoms with van der Waals surface area (Å²) in [6, 6.07) is 15.7. The smallest absolute Gasteiger partial charge is 0.408 e. The van der Waals surface area contributed by atoms with Crippen LogP contribution < -0.4 is 16.4 Å². The first-order valence-electron chi connectivity index (χ1n) is 10.2. The normalized spacial score (nSPS) is 12.2. The Labute approximate surface area is 186 Å². The molecule has 0 aliphatic carbocycles. The van der Waals surface area contributed by atoms with Crippen LogP contribution >= 0.6 is 0 Å². The van der Waals surface area contributed by atoms with Crippen LogP contribution in [0.2, 0.25) is 0 Å². The Hall–Kier alpha value is -3.88. The van der Waals surface area contributed by atoms with Gasteiger partial charge in [0.05, 0.1) is 13.0 Å². The fourth-order valence-electron chi connectivity index (χ4n) is 2.85. The van der Waals surface area contributed by atoms with Crippen molar-refractivity contribution in [1.29, 1.82) is 0 Å². The van der Waals surface area contributed by atoms with E-state index >= 15 is 0 Å². The molecular weight excluding hydrogens is 414 g/mol. The summed E-state index contributed by atoms with van der Waals surface area (Å²) in [5, 5.41) is 4.94. The molecule has 0 radical (unpaired) electrons. The van der Waals surface area contributed by atoms with Crippen LogP contribution in [0.4, 0.5) is 4.79 Å². The summed E-state index contributed by atoms with van der Waals surface area (Å²) in [6.45, 7) is 1.78. The molecule has 170 valence electrons. The van der Waals surface area contributed by atoms with Crippen molar-refractivity contribution in [1.82, 2.24) is 10.6 Å². The van der Waals surface area contributed by atoms with Crippen LogP contribution in [-0.4, -0.2) is 42.6 Å². The predicted molar refractivity (Wildman–Crippen MR) is 116 cm³/mol. The summed E-state index contributed by atoms with van der Waals surface area (Å²) in [4.78, 5) is 48.6. The average Bonchev–Trinajstić information content (AvgIpc) is 2.78. The van der Waals surface area contributed by atoms with Gasteiger partial charge in [-0.3, -0.25) is 14.4 Å². The lowest BCUT2D eigenvalue weighted by Gasteiger charge is -2.21. The monoisotopic (exact) mass is 441 g/mol. The maximum absolute atomic E-state index is 12.9. The van der Waals surface area contributed by atoms with Gasteiger partial charge in [0.15, 0.2) is 0 Å². The largest absolute Gasteiger partial charge is 0.466 e. The summed E-state index contributed by atoms with van der Waals surface area (Å²) in [7, 11) is 0. The molecule has 9 nitrogen and oxygen atoms in total. The highest BCUT2D eigenvalue weighted by atomic mass is 16.5. The van der Waals surface area contributed by atoms with Crippen LogP contribution in [0.1, 0.15) is 24.5 Å². The lowest BCUT2D eigenvalue weighted by molar-refractivity contribution is -0.145. The minimum absolute atomic E-state index is 0.0269. The van der Waals surface area contributed by atoms with E-state index in [1.165, 1.54) is 0 Å². The number of amides is 3. The molecule has 2 aromatic rings. The number of nitrogens with two attached hydrogens (primary N) is 1. The Morgan fingerprint density at radius 3 is 2.00 bits per heavy atom. The highest BCUT2D eigenvalue weighted by molar-refractivity contribution is 5.93. The van der Waals surface area contributed by atoms with Gasteiger partial charge in [-0.25, -0.2) is 4.79 Å². The van der Waals surface area contributed by atoms with Gasteiger partial charge < -0.3 is 25.8 Å². The van der Waals surface area contributed by atoms with Crippen molar-refractivity contribution < 1.29 is 28.7 Å². The Morgan fingerprint density at radius 1 is 0.844 bits per heavy atom. The van der Waals surface area contributed by atoms with E-state index in [0.717, 1.165) is 11.1 Å². The number of nitrogens with one attached hydrogen (secondary N) is 2. The molecule has 3 amide bonds. The van der Waals surface area contributed by atoms with Crippen molar-refractivity contribution in [2.75, 3.05) is 6.61 Å². The Morgan fingerprint density at radius 2 is 1.44 bits per heavy atom. The molecule has 2 atom stereocenters. The molecule has 0 aliphatic heterocycles. The number of primary amides is 1. The molecule has 0 unspecified atom stereocenters. The molecule has 0 heterocycles. The van der Waals surface area contributed by atoms with E-state index in [0.29, 0.717) is 0 Å². The van der Waals surface area contributed by atoms with Crippen LogP contribution in [0.15, 0.2) is 60.7 Å². The summed E-state index contributed by atoms with van der Waals surface area (Å²) in [5.74, 6) is -2.25. The lowest BCUT2D eigenvalue weighted by atomic mass is 10.0. The first-order chi connectivity index (χ1) is 15.4. The molecule has 9 heteroatoms. The third-order valence-corrected chi connectivity index (χ3v) is 4.44. The van der Waals surface area contributed by atoms with Crippen LogP contribution in [0.5, 0.6) is 0 Å². The van der Waals surface area contributed by atoms with Crippen molar-refractivity contribution in [3.8, 4) is 0 Å². The number of alkyl carbamates (subject to hydrolysis) is 1. The van der Waals surface area contributed by atoms with E-state index in [-0.39, 0.29) is 19.6 Å². The molecule has 0 spiro atoms. The first-order valence-corrected chi connectivity index (χ1v) is 10.2. The Kier molecular flexibility index (Phi) is 9.70. The predicted octanol–water partition coefficient (Wildman–Crippen LogP) is 1.45. The maximum atomic E-state index is 12.9. The highest BCUT2D eigenvalue weighted by Crippen LogP contribution is 2.06. The Balaban J connectivity index is 2.06. The van der Waals surface area contributed by atoms with Crippen LogP contribution in [0.3, 0.4) is 0 Å². The van der Waals surface area contributed by atoms with Gasteiger partial charge in [-0.1, -0.05) is 60.7 Å². The second-order valence-corrected chi connectivity index (χ2v) is 6.92. The summed E-state index contributed by atoms with van der Waals surface area (Å²) >= 11 is 0. The van der Waals surface area contributed by atoms with Crippen molar-refractivity contribution >= 4 is 23.9 Å². The highest BCUT2D eigenvalue weighted by Gasteiger charge is 2.28. The topological polar surface area (TPSA) is 137 Å². The second kappa shape index (κ2) is 12.7. The van der Waals surface area contributed by atoms with Crippen molar-refractivity contribution in [2.24, 2.45) is 5.73 Å². The van der Waals surface area contributed by atoms with Crippen LogP contribution in [0, 0.1) is 0 Å². The molecule has 32 heavy (non-hydrogen) atoms. The molecule has 0 saturated heterocycles. The van der Waals surface area contributed by atoms with Gasteiger partial charge in [0, 0.05) is 6.42 Å². The fourth-order valence-corrected chi connectivity index (χ4v) is 2.85. The minimum atomic E-state index is -1.28. The molecule has 0 aliphatic rings. The van der Waals surface area contributed by atoms with Crippen LogP contribution in [0.25, 0.3) is 0 Å². The van der Waals surface area contributed by atoms with E-state index in [2.05, 4.69) is 10.6 Å². The fraction of sp³-hybridized carbons (Fsp3) is 0.304. The number of esters is 1. The summed E-state index contributed by atoms with van der Waals surface area (Å²) in [5.41, 5.74) is 6.88. The van der Waals surface area contributed by atoms with Crippen molar-refractivity contribution in [2.45, 2.75) is 38.5 Å². The van der Waals surface area contributed by atoms with Gasteiger partial charge in [-0.05, 0) is 18.1 Å². The average molecular weight is 441 g/mol. The second-order valence-electron chi connectivity index (χ2n) is 6.92. The van der Waals surface area contributed by atoms with Gasteiger partial charge in [0.25, 0.3) is 0 Å². The summed E-state index contributed by atoms with van der Waals surface area (Å²) < 4.78 is 10.0. The zero-order valence-corrected chi connectivity index (χ0v) is 17.8. The third kappa shape index (κ3) is 8.47. The molecular formula is C23H27N3O6. The van der Waals surface area contributed by atoms with Crippen LogP contribution in [-0.2, 0) is 36.9 Å². The van der Waals surface area contributed by atoms with E-state index in [1.807, 2.05) is 24.3 Å². The summed E-state index contributed by atoms with van der Waals surface area (Å²) in [6.07, 6.45) is -1.07. The Bertz CT molecular complexity index is 904. The van der Waals surface area contributed by atoms with Gasteiger partial charge in [0.2, 0.25) is 11.8 Å². The third-order valence-electron chi connectivity index (χ3n) is 4.44. The SMILES string of the molecule is CCOC(=O)C[C@@H](NC(=O)[C@@H](Cc1ccccc1)NC(=O)OCc1ccccc1)C(N)=O. The van der Waals surface area contributed by atoms with Gasteiger partial charge in [-0.15, -0.1) is 0 Å². The zero-order valence-electron chi connectivity index (χ0n) is 17.8. The number of hydrogen-bond acceptors (Lipinski definition) is 6. The van der Waals surface area contributed by atoms with Crippen molar-refractivity contribution in [3.05, 3.63) is 71.8 Å². The molecule has 4 N–H and O–H groups in total. The quantitative estimate of drug-likeness (QED) is 0.452. The van der Waals surface area contributed by atoms with Gasteiger partial charge in [-0.2, -0.15) is 0 Å². The number of rotatable bonds is 11. The molecule has 2 aromatic carbocycles. The van der Waals surface area contributed by atoms with E-state index in [4.69, 9.17) is 15.2 Å². The number of hydrogen-bond donors (Lipinski definition) is 3. The number of carbonyl (C=O) groups is 4. The lowest BCUT2D eigenvalue weighted by Crippen LogP contribution is -2.54. The zero-order chi connectivity index (χ0) is 23.3. The van der Waals surface area contributed by atoms with E-state index in [9.17, 15) is 19.2 Å². The minimum Gasteiger partial charge on any atom is -0.466 e. The number of ether oxygens (including phenoxy) is 2. The number of benzene rings is 2.